The van der Waals surface area contributed by atoms with Crippen molar-refractivity contribution >= 4 is 17.6 Å². The molecule has 6 heteroatoms. The molecule has 1 aromatic rings. The first-order valence-electron chi connectivity index (χ1n) is 10.1. The van der Waals surface area contributed by atoms with E-state index in [4.69, 9.17) is 26.1 Å². The van der Waals surface area contributed by atoms with Gasteiger partial charge in [0.25, 0.3) is 0 Å². The molecule has 152 valence electrons. The highest BCUT2D eigenvalue weighted by Gasteiger charge is 2.21. The summed E-state index contributed by atoms with van der Waals surface area (Å²) in [5.41, 5.74) is 1.31. The van der Waals surface area contributed by atoms with Gasteiger partial charge in [-0.2, -0.15) is 0 Å². The van der Waals surface area contributed by atoms with Crippen molar-refractivity contribution in [2.75, 3.05) is 46.5 Å². The number of guanidine groups is 1. The molecule has 27 heavy (non-hydrogen) atoms. The summed E-state index contributed by atoms with van der Waals surface area (Å²) in [7, 11) is 1.73. The molecule has 1 aliphatic rings. The standard InChI is InChI=1S/C21H34ClN3O2/c1-3-23-21(24-13-4-6-18-7-9-19(22)10-8-18)25-14-11-20(12-15-25)27-17-5-16-26-2/h7-10,20H,3-6,11-17H2,1-2H3,(H,23,24). The number of hydrogen-bond donors (Lipinski definition) is 1. The minimum Gasteiger partial charge on any atom is -0.385 e. The van der Waals surface area contributed by atoms with Gasteiger partial charge in [-0.25, -0.2) is 0 Å². The molecule has 0 spiro atoms. The van der Waals surface area contributed by atoms with Crippen LogP contribution in [0.5, 0.6) is 0 Å². The molecule has 0 radical (unpaired) electrons. The Morgan fingerprint density at radius 1 is 1.19 bits per heavy atom. The topological polar surface area (TPSA) is 46.1 Å². The molecule has 0 aliphatic carbocycles. The number of methoxy groups -OCH3 is 1. The maximum Gasteiger partial charge on any atom is 0.193 e. The van der Waals surface area contributed by atoms with E-state index in [2.05, 4.69) is 29.3 Å². The lowest BCUT2D eigenvalue weighted by Crippen LogP contribution is -2.47. The molecule has 0 amide bonds. The van der Waals surface area contributed by atoms with Crippen LogP contribution in [0, 0.1) is 0 Å². The van der Waals surface area contributed by atoms with E-state index >= 15 is 0 Å². The van der Waals surface area contributed by atoms with Crippen LogP contribution in [0.4, 0.5) is 0 Å². The first kappa shape index (κ1) is 22.0. The number of aliphatic imine (C=N–C) groups is 1. The molecule has 0 bridgehead atoms. The first-order valence-corrected chi connectivity index (χ1v) is 10.5. The Morgan fingerprint density at radius 2 is 1.93 bits per heavy atom. The lowest BCUT2D eigenvalue weighted by Gasteiger charge is -2.34. The zero-order valence-corrected chi connectivity index (χ0v) is 17.5. The summed E-state index contributed by atoms with van der Waals surface area (Å²) in [6.45, 7) is 7.40. The van der Waals surface area contributed by atoms with E-state index in [0.29, 0.717) is 6.10 Å². The van der Waals surface area contributed by atoms with Crippen molar-refractivity contribution in [2.24, 2.45) is 4.99 Å². The van der Waals surface area contributed by atoms with Crippen LogP contribution in [0.25, 0.3) is 0 Å². The molecule has 1 aliphatic heterocycles. The second-order valence-corrected chi connectivity index (χ2v) is 7.31. The van der Waals surface area contributed by atoms with Gasteiger partial charge in [0.1, 0.15) is 0 Å². The van der Waals surface area contributed by atoms with Crippen molar-refractivity contribution in [3.05, 3.63) is 34.9 Å². The van der Waals surface area contributed by atoms with Gasteiger partial charge in [-0.05, 0) is 56.7 Å². The summed E-state index contributed by atoms with van der Waals surface area (Å²) < 4.78 is 11.0. The summed E-state index contributed by atoms with van der Waals surface area (Å²) in [4.78, 5) is 7.19. The molecule has 0 atom stereocenters. The summed E-state index contributed by atoms with van der Waals surface area (Å²) in [6.07, 6.45) is 5.51. The van der Waals surface area contributed by atoms with Crippen molar-refractivity contribution < 1.29 is 9.47 Å². The van der Waals surface area contributed by atoms with Crippen LogP contribution < -0.4 is 5.32 Å². The normalized spacial score (nSPS) is 16.0. The van der Waals surface area contributed by atoms with E-state index in [-0.39, 0.29) is 0 Å². The Balaban J connectivity index is 1.72. The molecule has 1 aromatic carbocycles. The second kappa shape index (κ2) is 13.0. The van der Waals surface area contributed by atoms with Crippen LogP contribution in [-0.2, 0) is 15.9 Å². The molecule has 1 saturated heterocycles. The van der Waals surface area contributed by atoms with Crippen LogP contribution in [0.15, 0.2) is 29.3 Å². The monoisotopic (exact) mass is 395 g/mol. The third-order valence-electron chi connectivity index (χ3n) is 4.72. The molecular weight excluding hydrogens is 362 g/mol. The van der Waals surface area contributed by atoms with Gasteiger partial charge in [-0.1, -0.05) is 23.7 Å². The molecular formula is C21H34ClN3O2. The van der Waals surface area contributed by atoms with Gasteiger partial charge in [0.15, 0.2) is 5.96 Å². The van der Waals surface area contributed by atoms with Gasteiger partial charge in [0.2, 0.25) is 0 Å². The van der Waals surface area contributed by atoms with Crippen molar-refractivity contribution in [3.63, 3.8) is 0 Å². The zero-order chi connectivity index (χ0) is 19.3. The minimum atomic E-state index is 0.367. The fourth-order valence-electron chi connectivity index (χ4n) is 3.23. The number of benzene rings is 1. The fraction of sp³-hybridized carbons (Fsp3) is 0.667. The molecule has 0 aromatic heterocycles. The molecule has 1 fully saturated rings. The van der Waals surface area contributed by atoms with Crippen LogP contribution in [0.2, 0.25) is 5.02 Å². The minimum absolute atomic E-state index is 0.367. The average Bonchev–Trinajstić information content (AvgIpc) is 2.69. The van der Waals surface area contributed by atoms with Crippen molar-refractivity contribution in [3.8, 4) is 0 Å². The van der Waals surface area contributed by atoms with Crippen LogP contribution >= 0.6 is 11.6 Å². The van der Waals surface area contributed by atoms with Gasteiger partial charge in [-0.15, -0.1) is 0 Å². The number of ether oxygens (including phenoxy) is 2. The van der Waals surface area contributed by atoms with E-state index in [0.717, 1.165) is 82.5 Å². The third kappa shape index (κ3) is 8.50. The average molecular weight is 396 g/mol. The number of hydrogen-bond acceptors (Lipinski definition) is 3. The van der Waals surface area contributed by atoms with Crippen LogP contribution in [0.3, 0.4) is 0 Å². The van der Waals surface area contributed by atoms with Gasteiger partial charge in [-0.3, -0.25) is 4.99 Å². The summed E-state index contributed by atoms with van der Waals surface area (Å²) in [5.74, 6) is 1.03. The van der Waals surface area contributed by atoms with Gasteiger partial charge in [0.05, 0.1) is 6.10 Å². The van der Waals surface area contributed by atoms with Gasteiger partial charge < -0.3 is 19.7 Å². The molecule has 1 N–H and O–H groups in total. The number of piperidine rings is 1. The summed E-state index contributed by atoms with van der Waals surface area (Å²) in [5, 5.41) is 4.22. The predicted molar refractivity (Wildman–Crippen MR) is 113 cm³/mol. The zero-order valence-electron chi connectivity index (χ0n) is 16.8. The Labute approximate surface area is 169 Å². The highest BCUT2D eigenvalue weighted by molar-refractivity contribution is 6.30. The number of nitrogens with zero attached hydrogens (tertiary/aromatic N) is 2. The molecule has 1 heterocycles. The summed E-state index contributed by atoms with van der Waals surface area (Å²) in [6, 6.07) is 8.08. The lowest BCUT2D eigenvalue weighted by atomic mass is 10.1. The van der Waals surface area contributed by atoms with E-state index in [1.54, 1.807) is 7.11 Å². The second-order valence-electron chi connectivity index (χ2n) is 6.87. The Bertz CT molecular complexity index is 543. The van der Waals surface area contributed by atoms with Gasteiger partial charge in [0, 0.05) is 51.5 Å². The maximum atomic E-state index is 5.95. The Hall–Kier alpha value is -1.30. The number of likely N-dealkylation sites (tertiary alicyclic amines) is 1. The predicted octanol–water partition coefficient (Wildman–Crippen LogP) is 3.76. The van der Waals surface area contributed by atoms with Crippen molar-refractivity contribution in [1.82, 2.24) is 10.2 Å². The highest BCUT2D eigenvalue weighted by atomic mass is 35.5. The number of halogens is 1. The quantitative estimate of drug-likeness (QED) is 0.372. The Morgan fingerprint density at radius 3 is 2.59 bits per heavy atom. The van der Waals surface area contributed by atoms with E-state index in [1.165, 1.54) is 5.56 Å². The number of aryl methyl sites for hydroxylation is 1. The van der Waals surface area contributed by atoms with Gasteiger partial charge >= 0.3 is 0 Å². The fourth-order valence-corrected chi connectivity index (χ4v) is 3.36. The Kier molecular flexibility index (Phi) is 10.6. The molecule has 5 nitrogen and oxygen atoms in total. The third-order valence-corrected chi connectivity index (χ3v) is 4.97. The smallest absolute Gasteiger partial charge is 0.193 e. The lowest BCUT2D eigenvalue weighted by molar-refractivity contribution is 0.00990. The maximum absolute atomic E-state index is 5.95. The largest absolute Gasteiger partial charge is 0.385 e. The van der Waals surface area contributed by atoms with Crippen LogP contribution in [0.1, 0.15) is 38.2 Å². The number of nitrogens with one attached hydrogen (secondary N) is 1. The van der Waals surface area contributed by atoms with E-state index in [9.17, 15) is 0 Å². The summed E-state index contributed by atoms with van der Waals surface area (Å²) >= 11 is 5.94. The van der Waals surface area contributed by atoms with Crippen molar-refractivity contribution in [2.45, 2.75) is 45.1 Å². The molecule has 2 rings (SSSR count). The van der Waals surface area contributed by atoms with E-state index in [1.807, 2.05) is 12.1 Å². The van der Waals surface area contributed by atoms with Crippen molar-refractivity contribution in [1.29, 1.82) is 0 Å². The number of rotatable bonds is 10. The molecule has 0 unspecified atom stereocenters. The SMILES string of the molecule is CCNC(=NCCCc1ccc(Cl)cc1)N1CCC(OCCCOC)CC1. The molecule has 0 saturated carbocycles. The van der Waals surface area contributed by atoms with Crippen LogP contribution in [-0.4, -0.2) is 63.5 Å². The first-order chi connectivity index (χ1) is 13.2. The van der Waals surface area contributed by atoms with E-state index < -0.39 is 0 Å². The highest BCUT2D eigenvalue weighted by Crippen LogP contribution is 2.15.